The monoisotopic (exact) mass is 257 g/mol. The van der Waals surface area contributed by atoms with Gasteiger partial charge >= 0.3 is 0 Å². The first kappa shape index (κ1) is 14.0. The summed E-state index contributed by atoms with van der Waals surface area (Å²) in [6, 6.07) is 9.33. The topological polar surface area (TPSA) is 55.4 Å². The number of rotatable bonds is 6. The van der Waals surface area contributed by atoms with Crippen molar-refractivity contribution in [2.24, 2.45) is 0 Å². The van der Waals surface area contributed by atoms with Crippen molar-refractivity contribution in [3.8, 4) is 5.75 Å². The van der Waals surface area contributed by atoms with Crippen LogP contribution in [0.15, 0.2) is 30.3 Å². The highest BCUT2D eigenvalue weighted by Gasteiger charge is 2.16. The van der Waals surface area contributed by atoms with Gasteiger partial charge in [0.05, 0.1) is 5.25 Å². The van der Waals surface area contributed by atoms with E-state index in [1.807, 2.05) is 37.3 Å². The van der Waals surface area contributed by atoms with Crippen molar-refractivity contribution in [3.05, 3.63) is 30.3 Å². The third-order valence-corrected chi connectivity index (χ3v) is 4.08. The molecule has 0 aliphatic carbocycles. The molecule has 0 aliphatic heterocycles. The number of sulfonamides is 1. The second kappa shape index (κ2) is 6.02. The van der Waals surface area contributed by atoms with Crippen LogP contribution in [0.1, 0.15) is 20.8 Å². The Morgan fingerprint density at radius 2 is 1.76 bits per heavy atom. The molecule has 96 valence electrons. The number of para-hydroxylation sites is 1. The van der Waals surface area contributed by atoms with E-state index in [2.05, 4.69) is 4.72 Å². The van der Waals surface area contributed by atoms with Gasteiger partial charge in [0.1, 0.15) is 11.9 Å². The predicted molar refractivity (Wildman–Crippen MR) is 68.6 cm³/mol. The van der Waals surface area contributed by atoms with Gasteiger partial charge in [0.25, 0.3) is 0 Å². The van der Waals surface area contributed by atoms with Crippen LogP contribution < -0.4 is 9.46 Å². The fourth-order valence-electron chi connectivity index (χ4n) is 1.17. The summed E-state index contributed by atoms with van der Waals surface area (Å²) in [7, 11) is -3.22. The number of hydrogen-bond donors (Lipinski definition) is 1. The molecule has 1 aromatic carbocycles. The highest BCUT2D eigenvalue weighted by Crippen LogP contribution is 2.10. The molecule has 17 heavy (non-hydrogen) atoms. The van der Waals surface area contributed by atoms with Crippen molar-refractivity contribution in [2.75, 3.05) is 6.54 Å². The summed E-state index contributed by atoms with van der Waals surface area (Å²) in [6.45, 7) is 5.39. The van der Waals surface area contributed by atoms with Gasteiger partial charge in [0.2, 0.25) is 10.0 Å². The molecular formula is C12H19NO3S. The predicted octanol–water partition coefficient (Wildman–Crippen LogP) is 1.78. The third-order valence-electron chi connectivity index (χ3n) is 2.27. The van der Waals surface area contributed by atoms with Crippen LogP contribution in [0.25, 0.3) is 0 Å². The van der Waals surface area contributed by atoms with Crippen LogP contribution in [0.3, 0.4) is 0 Å². The Labute approximate surface area is 103 Å². The zero-order chi connectivity index (χ0) is 12.9. The Morgan fingerprint density at radius 3 is 2.29 bits per heavy atom. The number of benzene rings is 1. The van der Waals surface area contributed by atoms with Crippen molar-refractivity contribution in [1.82, 2.24) is 4.72 Å². The Bertz CT molecular complexity index is 428. The molecule has 5 heteroatoms. The van der Waals surface area contributed by atoms with E-state index < -0.39 is 15.3 Å². The van der Waals surface area contributed by atoms with Gasteiger partial charge in [-0.05, 0) is 32.9 Å². The van der Waals surface area contributed by atoms with Crippen LogP contribution in [0, 0.1) is 0 Å². The minimum Gasteiger partial charge on any atom is -0.489 e. The van der Waals surface area contributed by atoms with E-state index in [0.717, 1.165) is 5.75 Å². The van der Waals surface area contributed by atoms with Crippen LogP contribution in [0.2, 0.25) is 0 Å². The van der Waals surface area contributed by atoms with Crippen LogP contribution in [-0.4, -0.2) is 26.3 Å². The van der Waals surface area contributed by atoms with E-state index in [9.17, 15) is 8.42 Å². The van der Waals surface area contributed by atoms with E-state index in [4.69, 9.17) is 4.74 Å². The minimum atomic E-state index is -3.22. The zero-order valence-electron chi connectivity index (χ0n) is 10.4. The van der Waals surface area contributed by atoms with E-state index in [0.29, 0.717) is 0 Å². The van der Waals surface area contributed by atoms with Crippen LogP contribution in [-0.2, 0) is 10.0 Å². The molecule has 0 aromatic heterocycles. The van der Waals surface area contributed by atoms with Crippen molar-refractivity contribution in [2.45, 2.75) is 32.1 Å². The summed E-state index contributed by atoms with van der Waals surface area (Å²) in [5.41, 5.74) is 0. The first-order chi connectivity index (χ1) is 7.92. The van der Waals surface area contributed by atoms with Crippen LogP contribution >= 0.6 is 0 Å². The molecule has 0 aliphatic rings. The maximum atomic E-state index is 11.5. The summed E-state index contributed by atoms with van der Waals surface area (Å²) in [4.78, 5) is 0. The smallest absolute Gasteiger partial charge is 0.214 e. The molecule has 1 N–H and O–H groups in total. The maximum Gasteiger partial charge on any atom is 0.214 e. The standard InChI is InChI=1S/C12H19NO3S/c1-10(2)17(14,15)13-9-11(3)16-12-7-5-4-6-8-12/h4-8,10-11,13H,9H2,1-3H3. The molecule has 1 aromatic rings. The number of ether oxygens (including phenoxy) is 1. The molecule has 0 fully saturated rings. The average Bonchev–Trinajstić information content (AvgIpc) is 2.28. The van der Waals surface area contributed by atoms with Crippen molar-refractivity contribution in [3.63, 3.8) is 0 Å². The van der Waals surface area contributed by atoms with E-state index in [1.54, 1.807) is 13.8 Å². The van der Waals surface area contributed by atoms with Gasteiger partial charge in [0.15, 0.2) is 0 Å². The summed E-state index contributed by atoms with van der Waals surface area (Å²) in [6.07, 6.45) is -0.203. The van der Waals surface area contributed by atoms with Gasteiger partial charge in [-0.2, -0.15) is 0 Å². The molecule has 0 spiro atoms. The average molecular weight is 257 g/mol. The molecule has 0 bridgehead atoms. The molecule has 0 heterocycles. The largest absolute Gasteiger partial charge is 0.489 e. The van der Waals surface area contributed by atoms with Gasteiger partial charge in [-0.3, -0.25) is 0 Å². The van der Waals surface area contributed by atoms with Gasteiger partial charge in [-0.15, -0.1) is 0 Å². The van der Waals surface area contributed by atoms with Gasteiger partial charge in [-0.25, -0.2) is 13.1 Å². The van der Waals surface area contributed by atoms with Gasteiger partial charge < -0.3 is 4.74 Å². The number of hydrogen-bond acceptors (Lipinski definition) is 3. The van der Waals surface area contributed by atoms with Crippen LogP contribution in [0.5, 0.6) is 5.75 Å². The fourth-order valence-corrected chi connectivity index (χ4v) is 1.97. The molecule has 1 atom stereocenters. The summed E-state index contributed by atoms with van der Waals surface area (Å²) < 4.78 is 31.1. The molecule has 0 saturated carbocycles. The van der Waals surface area contributed by atoms with Crippen LogP contribution in [0.4, 0.5) is 0 Å². The summed E-state index contributed by atoms with van der Waals surface area (Å²) in [5, 5.41) is -0.425. The van der Waals surface area contributed by atoms with Gasteiger partial charge in [0, 0.05) is 6.54 Å². The first-order valence-electron chi connectivity index (χ1n) is 5.62. The highest BCUT2D eigenvalue weighted by molar-refractivity contribution is 7.90. The Balaban J connectivity index is 2.44. The molecule has 1 rings (SSSR count). The molecule has 0 saturated heterocycles. The van der Waals surface area contributed by atoms with Gasteiger partial charge in [-0.1, -0.05) is 18.2 Å². The third kappa shape index (κ3) is 4.75. The van der Waals surface area contributed by atoms with Crippen molar-refractivity contribution >= 4 is 10.0 Å². The normalized spacial score (nSPS) is 13.6. The lowest BCUT2D eigenvalue weighted by Crippen LogP contribution is -2.37. The lowest BCUT2D eigenvalue weighted by Gasteiger charge is -2.16. The molecule has 4 nitrogen and oxygen atoms in total. The quantitative estimate of drug-likeness (QED) is 0.845. The summed E-state index contributed by atoms with van der Waals surface area (Å²) >= 11 is 0. The second-order valence-electron chi connectivity index (χ2n) is 4.18. The summed E-state index contributed by atoms with van der Waals surface area (Å²) in [5.74, 6) is 0.740. The maximum absolute atomic E-state index is 11.5. The van der Waals surface area contributed by atoms with E-state index in [1.165, 1.54) is 0 Å². The lowest BCUT2D eigenvalue weighted by molar-refractivity contribution is 0.225. The van der Waals surface area contributed by atoms with Crippen molar-refractivity contribution in [1.29, 1.82) is 0 Å². The molecule has 0 radical (unpaired) electrons. The Hall–Kier alpha value is -1.07. The molecular weight excluding hydrogens is 238 g/mol. The highest BCUT2D eigenvalue weighted by atomic mass is 32.2. The SMILES string of the molecule is CC(CNS(=O)(=O)C(C)C)Oc1ccccc1. The van der Waals surface area contributed by atoms with Crippen molar-refractivity contribution < 1.29 is 13.2 Å². The fraction of sp³-hybridized carbons (Fsp3) is 0.500. The number of nitrogens with one attached hydrogen (secondary N) is 1. The Morgan fingerprint density at radius 1 is 1.18 bits per heavy atom. The lowest BCUT2D eigenvalue weighted by atomic mass is 10.3. The minimum absolute atomic E-state index is 0.203. The second-order valence-corrected chi connectivity index (χ2v) is 6.51. The Kier molecular flexibility index (Phi) is 4.96. The first-order valence-corrected chi connectivity index (χ1v) is 7.16. The van der Waals surface area contributed by atoms with E-state index >= 15 is 0 Å². The molecule has 1 unspecified atom stereocenters. The van der Waals surface area contributed by atoms with E-state index in [-0.39, 0.29) is 12.6 Å². The molecule has 0 amide bonds. The zero-order valence-corrected chi connectivity index (χ0v) is 11.2.